The van der Waals surface area contributed by atoms with Crippen molar-refractivity contribution in [2.75, 3.05) is 13.2 Å². The van der Waals surface area contributed by atoms with Gasteiger partial charge in [-0.2, -0.15) is 0 Å². The van der Waals surface area contributed by atoms with E-state index in [4.69, 9.17) is 15.0 Å². The number of carbonyl (C=O) groups excluding carboxylic acids is 1. The van der Waals surface area contributed by atoms with E-state index >= 15 is 0 Å². The molecule has 0 bridgehead atoms. The number of hydrogen-bond donors (Lipinski definition) is 0. The number of rotatable bonds is 4. The smallest absolute Gasteiger partial charge is 0.310 e. The summed E-state index contributed by atoms with van der Waals surface area (Å²) in [5.41, 5.74) is 9.27. The lowest BCUT2D eigenvalue weighted by Gasteiger charge is -2.14. The van der Waals surface area contributed by atoms with E-state index in [0.717, 1.165) is 5.56 Å². The molecule has 1 heterocycles. The fraction of sp³-hybridized carbons (Fsp3) is 0.417. The summed E-state index contributed by atoms with van der Waals surface area (Å²) in [6.07, 6.45) is -0.266. The van der Waals surface area contributed by atoms with Crippen molar-refractivity contribution in [3.05, 3.63) is 46.3 Å². The van der Waals surface area contributed by atoms with Crippen LogP contribution in [0.3, 0.4) is 0 Å². The molecule has 1 aromatic rings. The quantitative estimate of drug-likeness (QED) is 0.352. The number of ether oxygens (including phenoxy) is 2. The van der Waals surface area contributed by atoms with Crippen molar-refractivity contribution in [1.29, 1.82) is 0 Å². The average molecular weight is 247 g/mol. The molecule has 1 aliphatic rings. The number of azide groups is 1. The van der Waals surface area contributed by atoms with Crippen molar-refractivity contribution in [2.45, 2.75) is 18.6 Å². The van der Waals surface area contributed by atoms with Gasteiger partial charge in [0.1, 0.15) is 12.1 Å². The van der Waals surface area contributed by atoms with Crippen LogP contribution in [0.5, 0.6) is 0 Å². The second kappa shape index (κ2) is 6.05. The maximum Gasteiger partial charge on any atom is 0.310 e. The third-order valence-electron chi connectivity index (χ3n) is 2.67. The van der Waals surface area contributed by atoms with Gasteiger partial charge in [0, 0.05) is 4.91 Å². The first-order valence-corrected chi connectivity index (χ1v) is 5.65. The molecule has 1 aromatic carbocycles. The highest BCUT2D eigenvalue weighted by Crippen LogP contribution is 2.14. The zero-order valence-electron chi connectivity index (χ0n) is 9.73. The van der Waals surface area contributed by atoms with Crippen LogP contribution in [0.1, 0.15) is 5.56 Å². The van der Waals surface area contributed by atoms with Crippen LogP contribution in [0.25, 0.3) is 10.4 Å². The van der Waals surface area contributed by atoms with Gasteiger partial charge in [-0.25, -0.2) is 0 Å². The number of esters is 1. The molecule has 94 valence electrons. The summed E-state index contributed by atoms with van der Waals surface area (Å²) < 4.78 is 10.4. The third-order valence-corrected chi connectivity index (χ3v) is 2.67. The highest BCUT2D eigenvalue weighted by atomic mass is 16.6. The largest absolute Gasteiger partial charge is 0.459 e. The molecule has 0 aromatic heterocycles. The highest BCUT2D eigenvalue weighted by molar-refractivity contribution is 5.72. The third kappa shape index (κ3) is 3.23. The van der Waals surface area contributed by atoms with Crippen LogP contribution in [0, 0.1) is 0 Å². The number of hydrogen-bond acceptors (Lipinski definition) is 4. The van der Waals surface area contributed by atoms with E-state index in [1.54, 1.807) is 0 Å². The molecular formula is C12H13N3O3. The van der Waals surface area contributed by atoms with Crippen LogP contribution in [0.2, 0.25) is 0 Å². The normalized spacial score (nSPS) is 22.2. The van der Waals surface area contributed by atoms with Crippen molar-refractivity contribution in [1.82, 2.24) is 0 Å². The summed E-state index contributed by atoms with van der Waals surface area (Å²) in [5.74, 6) is -0.338. The van der Waals surface area contributed by atoms with E-state index in [0.29, 0.717) is 6.61 Å². The summed E-state index contributed by atoms with van der Waals surface area (Å²) >= 11 is 0. The van der Waals surface area contributed by atoms with Crippen LogP contribution >= 0.6 is 0 Å². The molecule has 0 amide bonds. The van der Waals surface area contributed by atoms with E-state index < -0.39 is 12.1 Å². The Labute approximate surface area is 104 Å². The SMILES string of the molecule is [N-]=[N+]=N[C@H]1COCC1OC(=O)Cc1ccccc1. The molecule has 0 spiro atoms. The van der Waals surface area contributed by atoms with E-state index in [-0.39, 0.29) is 19.0 Å². The Morgan fingerprint density at radius 3 is 2.94 bits per heavy atom. The highest BCUT2D eigenvalue weighted by Gasteiger charge is 2.30. The first-order chi connectivity index (χ1) is 8.79. The van der Waals surface area contributed by atoms with E-state index in [2.05, 4.69) is 10.0 Å². The number of benzene rings is 1. The molecule has 1 fully saturated rings. The molecule has 1 saturated heterocycles. The second-order valence-electron chi connectivity index (χ2n) is 4.00. The summed E-state index contributed by atoms with van der Waals surface area (Å²) in [7, 11) is 0. The molecule has 1 unspecified atom stereocenters. The Balaban J connectivity index is 1.89. The lowest BCUT2D eigenvalue weighted by atomic mass is 10.1. The van der Waals surface area contributed by atoms with Crippen molar-refractivity contribution in [3.63, 3.8) is 0 Å². The second-order valence-corrected chi connectivity index (χ2v) is 4.00. The molecule has 0 saturated carbocycles. The van der Waals surface area contributed by atoms with Gasteiger partial charge in [-0.05, 0) is 11.1 Å². The molecule has 2 atom stereocenters. The molecule has 6 nitrogen and oxygen atoms in total. The number of nitrogens with zero attached hydrogens (tertiary/aromatic N) is 3. The summed E-state index contributed by atoms with van der Waals surface area (Å²) in [5, 5.41) is 3.54. The van der Waals surface area contributed by atoms with Gasteiger partial charge >= 0.3 is 5.97 Å². The van der Waals surface area contributed by atoms with Crippen LogP contribution in [0.4, 0.5) is 0 Å². The monoisotopic (exact) mass is 247 g/mol. The molecule has 2 rings (SSSR count). The molecule has 18 heavy (non-hydrogen) atoms. The van der Waals surface area contributed by atoms with E-state index in [9.17, 15) is 4.79 Å². The van der Waals surface area contributed by atoms with Crippen LogP contribution in [0.15, 0.2) is 35.4 Å². The average Bonchev–Trinajstić information content (AvgIpc) is 2.78. The van der Waals surface area contributed by atoms with Gasteiger partial charge in [0.05, 0.1) is 19.6 Å². The summed E-state index contributed by atoms with van der Waals surface area (Å²) in [6.45, 7) is 0.581. The molecule has 0 radical (unpaired) electrons. The molecule has 1 aliphatic heterocycles. The van der Waals surface area contributed by atoms with Crippen molar-refractivity contribution >= 4 is 5.97 Å². The first-order valence-electron chi connectivity index (χ1n) is 5.65. The van der Waals surface area contributed by atoms with Crippen molar-refractivity contribution < 1.29 is 14.3 Å². The predicted molar refractivity (Wildman–Crippen MR) is 63.8 cm³/mol. The summed E-state index contributed by atoms with van der Waals surface area (Å²) in [6, 6.07) is 8.91. The van der Waals surface area contributed by atoms with Gasteiger partial charge in [-0.15, -0.1) is 0 Å². The molecule has 0 aliphatic carbocycles. The Morgan fingerprint density at radius 1 is 1.44 bits per heavy atom. The Hall–Kier alpha value is -2.04. The van der Waals surface area contributed by atoms with E-state index in [1.165, 1.54) is 0 Å². The van der Waals surface area contributed by atoms with Gasteiger partial charge in [0.15, 0.2) is 0 Å². The standard InChI is InChI=1S/C12H13N3O3/c13-15-14-10-7-17-8-11(10)18-12(16)6-9-4-2-1-3-5-9/h1-5,10-11H,6-8H2/t10-,11?/m0/s1. The topological polar surface area (TPSA) is 84.3 Å². The maximum absolute atomic E-state index is 11.7. The fourth-order valence-electron chi connectivity index (χ4n) is 1.78. The Kier molecular flexibility index (Phi) is 4.17. The predicted octanol–water partition coefficient (Wildman–Crippen LogP) is 1.85. The van der Waals surface area contributed by atoms with Crippen LogP contribution in [-0.4, -0.2) is 31.3 Å². The molecular weight excluding hydrogens is 234 g/mol. The van der Waals surface area contributed by atoms with Gasteiger partial charge in [-0.3, -0.25) is 4.79 Å². The Bertz CT molecular complexity index is 457. The zero-order valence-corrected chi connectivity index (χ0v) is 9.73. The Morgan fingerprint density at radius 2 is 2.22 bits per heavy atom. The van der Waals surface area contributed by atoms with Crippen molar-refractivity contribution in [3.8, 4) is 0 Å². The maximum atomic E-state index is 11.7. The van der Waals surface area contributed by atoms with Crippen LogP contribution < -0.4 is 0 Å². The van der Waals surface area contributed by atoms with Crippen molar-refractivity contribution in [2.24, 2.45) is 5.11 Å². The summed E-state index contributed by atoms with van der Waals surface area (Å²) in [4.78, 5) is 14.4. The van der Waals surface area contributed by atoms with E-state index in [1.807, 2.05) is 30.3 Å². The minimum Gasteiger partial charge on any atom is -0.459 e. The fourth-order valence-corrected chi connectivity index (χ4v) is 1.78. The van der Waals surface area contributed by atoms with Gasteiger partial charge < -0.3 is 9.47 Å². The van der Waals surface area contributed by atoms with Gasteiger partial charge in [0.25, 0.3) is 0 Å². The van der Waals surface area contributed by atoms with Gasteiger partial charge in [0.2, 0.25) is 0 Å². The minimum atomic E-state index is -0.475. The number of carbonyl (C=O) groups is 1. The first kappa shape index (κ1) is 12.4. The van der Waals surface area contributed by atoms with Gasteiger partial charge in [-0.1, -0.05) is 35.4 Å². The van der Waals surface area contributed by atoms with Crippen LogP contribution in [-0.2, 0) is 20.7 Å². The minimum absolute atomic E-state index is 0.209. The zero-order chi connectivity index (χ0) is 12.8. The lowest BCUT2D eigenvalue weighted by Crippen LogP contribution is -2.28. The molecule has 6 heteroatoms. The lowest BCUT2D eigenvalue weighted by molar-refractivity contribution is -0.148. The molecule has 0 N–H and O–H groups in total.